The predicted octanol–water partition coefficient (Wildman–Crippen LogP) is 1.84. The monoisotopic (exact) mass is 204 g/mol. The van der Waals surface area contributed by atoms with Gasteiger partial charge in [0.25, 0.3) is 6.47 Å². The molecule has 0 aliphatic carbocycles. The van der Waals surface area contributed by atoms with Crippen LogP contribution in [0.4, 0.5) is 0 Å². The molecule has 4 nitrogen and oxygen atoms in total. The maximum atomic E-state index is 10.1. The average Bonchev–Trinajstić information content (AvgIpc) is 2.69. The Morgan fingerprint density at radius 3 is 3.13 bits per heavy atom. The summed E-state index contributed by atoms with van der Waals surface area (Å²) in [4.78, 5) is 10.1. The van der Waals surface area contributed by atoms with E-state index < -0.39 is 0 Å². The molecule has 0 radical (unpaired) electrons. The maximum Gasteiger partial charge on any atom is 0.293 e. The summed E-state index contributed by atoms with van der Waals surface area (Å²) in [6.07, 6.45) is 0. The third-order valence-electron chi connectivity index (χ3n) is 2.40. The first kappa shape index (κ1) is 9.71. The topological polar surface area (TPSA) is 55.0 Å². The van der Waals surface area contributed by atoms with Gasteiger partial charge in [0.05, 0.1) is 12.1 Å². The number of nitrogens with zero attached hydrogens (tertiary/aromatic N) is 1. The fourth-order valence-electron chi connectivity index (χ4n) is 1.62. The summed E-state index contributed by atoms with van der Waals surface area (Å²) in [5, 5.41) is 8.24. The Balaban J connectivity index is 2.30. The predicted molar refractivity (Wildman–Crippen MR) is 56.5 cm³/mol. The van der Waals surface area contributed by atoms with Crippen LogP contribution in [0.3, 0.4) is 0 Å². The van der Waals surface area contributed by atoms with E-state index in [0.717, 1.165) is 16.6 Å². The molecule has 0 aliphatic heterocycles. The molecule has 1 N–H and O–H groups in total. The molecule has 0 spiro atoms. The van der Waals surface area contributed by atoms with E-state index in [1.165, 1.54) is 0 Å². The number of carbonyl (C=O) groups is 1. The van der Waals surface area contributed by atoms with Crippen LogP contribution < -0.4 is 0 Å². The van der Waals surface area contributed by atoms with Crippen molar-refractivity contribution in [1.29, 1.82) is 0 Å². The summed E-state index contributed by atoms with van der Waals surface area (Å²) < 4.78 is 4.74. The van der Waals surface area contributed by atoms with Crippen LogP contribution in [0.2, 0.25) is 0 Å². The van der Waals surface area contributed by atoms with Crippen molar-refractivity contribution in [1.82, 2.24) is 10.2 Å². The molecule has 0 amide bonds. The van der Waals surface area contributed by atoms with E-state index in [2.05, 4.69) is 10.2 Å². The van der Waals surface area contributed by atoms with E-state index >= 15 is 0 Å². The average molecular weight is 204 g/mol. The molecule has 1 unspecified atom stereocenters. The minimum atomic E-state index is 0.127. The molecule has 15 heavy (non-hydrogen) atoms. The van der Waals surface area contributed by atoms with Crippen LogP contribution in [0.1, 0.15) is 18.5 Å². The van der Waals surface area contributed by atoms with Gasteiger partial charge >= 0.3 is 0 Å². The van der Waals surface area contributed by atoms with Crippen molar-refractivity contribution in [2.24, 2.45) is 0 Å². The van der Waals surface area contributed by atoms with Crippen molar-refractivity contribution in [3.8, 4) is 0 Å². The van der Waals surface area contributed by atoms with Crippen LogP contribution in [0.5, 0.6) is 0 Å². The lowest BCUT2D eigenvalue weighted by molar-refractivity contribution is -0.129. The molecule has 1 aromatic heterocycles. The van der Waals surface area contributed by atoms with Gasteiger partial charge < -0.3 is 4.74 Å². The Morgan fingerprint density at radius 2 is 2.33 bits per heavy atom. The number of aromatic nitrogens is 2. The van der Waals surface area contributed by atoms with Gasteiger partial charge in [-0.05, 0) is 6.07 Å². The second-order valence-corrected chi connectivity index (χ2v) is 3.49. The Labute approximate surface area is 87.2 Å². The number of hydrogen-bond acceptors (Lipinski definition) is 3. The van der Waals surface area contributed by atoms with Gasteiger partial charge in [0.2, 0.25) is 0 Å². The first-order valence-corrected chi connectivity index (χ1v) is 4.81. The second-order valence-electron chi connectivity index (χ2n) is 3.49. The third-order valence-corrected chi connectivity index (χ3v) is 2.40. The molecule has 0 aliphatic rings. The zero-order valence-corrected chi connectivity index (χ0v) is 8.43. The number of nitrogens with one attached hydrogen (secondary N) is 1. The maximum absolute atomic E-state index is 10.1. The molecule has 0 saturated heterocycles. The van der Waals surface area contributed by atoms with E-state index in [-0.39, 0.29) is 5.92 Å². The zero-order chi connectivity index (χ0) is 10.7. The van der Waals surface area contributed by atoms with Crippen molar-refractivity contribution >= 4 is 17.4 Å². The largest absolute Gasteiger partial charge is 0.467 e. The summed E-state index contributed by atoms with van der Waals surface area (Å²) in [6, 6.07) is 7.86. The highest BCUT2D eigenvalue weighted by molar-refractivity contribution is 5.81. The van der Waals surface area contributed by atoms with E-state index in [4.69, 9.17) is 4.74 Å². The minimum absolute atomic E-state index is 0.127. The molecule has 0 fully saturated rings. The fourth-order valence-corrected chi connectivity index (χ4v) is 1.62. The SMILES string of the molecule is CC(COC=O)c1[nH]nc2ccccc12. The van der Waals surface area contributed by atoms with Gasteiger partial charge in [-0.3, -0.25) is 9.89 Å². The first-order valence-electron chi connectivity index (χ1n) is 4.81. The van der Waals surface area contributed by atoms with Crippen molar-refractivity contribution in [2.45, 2.75) is 12.8 Å². The molecule has 0 saturated carbocycles. The summed E-state index contributed by atoms with van der Waals surface area (Å²) in [7, 11) is 0. The van der Waals surface area contributed by atoms with Gasteiger partial charge in [0.15, 0.2) is 0 Å². The van der Waals surface area contributed by atoms with E-state index in [9.17, 15) is 4.79 Å². The highest BCUT2D eigenvalue weighted by Gasteiger charge is 2.12. The number of fused-ring (bicyclic) bond motifs is 1. The summed E-state index contributed by atoms with van der Waals surface area (Å²) >= 11 is 0. The number of rotatable bonds is 4. The van der Waals surface area contributed by atoms with Crippen LogP contribution >= 0.6 is 0 Å². The smallest absolute Gasteiger partial charge is 0.293 e. The number of aromatic amines is 1. The fraction of sp³-hybridized carbons (Fsp3) is 0.273. The van der Waals surface area contributed by atoms with Crippen molar-refractivity contribution in [2.75, 3.05) is 6.61 Å². The summed E-state index contributed by atoms with van der Waals surface area (Å²) in [5.41, 5.74) is 1.94. The number of para-hydroxylation sites is 1. The second kappa shape index (κ2) is 4.13. The lowest BCUT2D eigenvalue weighted by Crippen LogP contribution is -2.04. The van der Waals surface area contributed by atoms with Crippen molar-refractivity contribution in [3.05, 3.63) is 30.0 Å². The molecule has 4 heteroatoms. The Hall–Kier alpha value is -1.84. The molecule has 1 aromatic carbocycles. The highest BCUT2D eigenvalue weighted by Crippen LogP contribution is 2.22. The molecule has 0 bridgehead atoms. The van der Waals surface area contributed by atoms with Gasteiger partial charge in [-0.1, -0.05) is 25.1 Å². The molecular weight excluding hydrogens is 192 g/mol. The van der Waals surface area contributed by atoms with Crippen molar-refractivity contribution in [3.63, 3.8) is 0 Å². The van der Waals surface area contributed by atoms with Crippen LogP contribution in [-0.2, 0) is 9.53 Å². The first-order chi connectivity index (χ1) is 7.33. The molecule has 2 aromatic rings. The van der Waals surface area contributed by atoms with E-state index in [1.807, 2.05) is 31.2 Å². The highest BCUT2D eigenvalue weighted by atomic mass is 16.5. The van der Waals surface area contributed by atoms with Crippen molar-refractivity contribution < 1.29 is 9.53 Å². The van der Waals surface area contributed by atoms with Gasteiger partial charge in [-0.15, -0.1) is 0 Å². The van der Waals surface area contributed by atoms with E-state index in [1.54, 1.807) is 0 Å². The standard InChI is InChI=1S/C11H12N2O2/c1-8(6-15-7-14)11-9-4-2-3-5-10(9)12-13-11/h2-5,7-8H,6H2,1H3,(H,12,13). The van der Waals surface area contributed by atoms with E-state index in [0.29, 0.717) is 13.1 Å². The Morgan fingerprint density at radius 1 is 1.53 bits per heavy atom. The molecule has 78 valence electrons. The summed E-state index contributed by atoms with van der Waals surface area (Å²) in [6.45, 7) is 2.83. The molecule has 1 atom stereocenters. The van der Waals surface area contributed by atoms with Crippen LogP contribution in [0.15, 0.2) is 24.3 Å². The molecule has 1 heterocycles. The quantitative estimate of drug-likeness (QED) is 0.773. The lowest BCUT2D eigenvalue weighted by Gasteiger charge is -2.07. The summed E-state index contributed by atoms with van der Waals surface area (Å²) in [5.74, 6) is 0.127. The number of hydrogen-bond donors (Lipinski definition) is 1. The normalized spacial score (nSPS) is 12.6. The number of H-pyrrole nitrogens is 1. The number of ether oxygens (including phenoxy) is 1. The lowest BCUT2D eigenvalue weighted by atomic mass is 10.1. The third kappa shape index (κ3) is 1.83. The van der Waals surface area contributed by atoms with Crippen LogP contribution in [-0.4, -0.2) is 23.3 Å². The van der Waals surface area contributed by atoms with Crippen LogP contribution in [0, 0.1) is 0 Å². The van der Waals surface area contributed by atoms with Gasteiger partial charge in [-0.25, -0.2) is 0 Å². The van der Waals surface area contributed by atoms with Gasteiger partial charge in [-0.2, -0.15) is 5.10 Å². The van der Waals surface area contributed by atoms with Gasteiger partial charge in [0, 0.05) is 17.0 Å². The van der Waals surface area contributed by atoms with Gasteiger partial charge in [0.1, 0.15) is 0 Å². The Kier molecular flexibility index (Phi) is 2.67. The number of benzene rings is 1. The molecular formula is C11H12N2O2. The van der Waals surface area contributed by atoms with Crippen LogP contribution in [0.25, 0.3) is 10.9 Å². The number of carbonyl (C=O) groups excluding carboxylic acids is 1. The molecule has 2 rings (SSSR count). The minimum Gasteiger partial charge on any atom is -0.467 e. The Bertz CT molecular complexity index is 464. The zero-order valence-electron chi connectivity index (χ0n) is 8.43.